The van der Waals surface area contributed by atoms with Crippen LogP contribution >= 0.6 is 0 Å². The SMILES string of the molecule is COCCCNC(=O)[C@H]1CN(C(=O)c2ccc(C)cc2)C[C@H]1c1ccc(OC)cc1. The Kier molecular flexibility index (Phi) is 7.46. The number of amides is 2. The summed E-state index contributed by atoms with van der Waals surface area (Å²) in [5.74, 6) is 0.349. The summed E-state index contributed by atoms with van der Waals surface area (Å²) >= 11 is 0. The maximum atomic E-state index is 13.1. The lowest BCUT2D eigenvalue weighted by molar-refractivity contribution is -0.124. The molecule has 6 nitrogen and oxygen atoms in total. The van der Waals surface area contributed by atoms with E-state index in [0.29, 0.717) is 31.8 Å². The molecule has 1 aliphatic heterocycles. The number of nitrogens with one attached hydrogen (secondary N) is 1. The number of carbonyl (C=O) groups excluding carboxylic acids is 2. The molecule has 0 bridgehead atoms. The van der Waals surface area contributed by atoms with Gasteiger partial charge in [0, 0.05) is 44.8 Å². The third-order valence-electron chi connectivity index (χ3n) is 5.61. The van der Waals surface area contributed by atoms with Crippen molar-refractivity contribution < 1.29 is 19.1 Å². The van der Waals surface area contributed by atoms with Gasteiger partial charge in [0.2, 0.25) is 5.91 Å². The highest BCUT2D eigenvalue weighted by atomic mass is 16.5. The first-order valence-electron chi connectivity index (χ1n) is 10.3. The third kappa shape index (κ3) is 5.19. The molecule has 1 aliphatic rings. The standard InChI is InChI=1S/C24H30N2O4/c1-17-5-7-19(8-6-17)24(28)26-15-21(18-9-11-20(30-3)12-10-18)22(16-26)23(27)25-13-4-14-29-2/h5-12,21-22H,4,13-16H2,1-3H3,(H,25,27)/t21-,22-/m0/s1. The normalized spacial score (nSPS) is 18.3. The molecule has 0 unspecified atom stereocenters. The Morgan fingerprint density at radius 1 is 1.03 bits per heavy atom. The fourth-order valence-corrected chi connectivity index (χ4v) is 3.86. The van der Waals surface area contributed by atoms with E-state index in [-0.39, 0.29) is 23.7 Å². The van der Waals surface area contributed by atoms with Crippen LogP contribution in [0.2, 0.25) is 0 Å². The van der Waals surface area contributed by atoms with Gasteiger partial charge >= 0.3 is 0 Å². The Hall–Kier alpha value is -2.86. The summed E-state index contributed by atoms with van der Waals surface area (Å²) in [6.45, 7) is 4.07. The number of hydrogen-bond acceptors (Lipinski definition) is 4. The van der Waals surface area contributed by atoms with Crippen LogP contribution in [0.4, 0.5) is 0 Å². The van der Waals surface area contributed by atoms with Crippen molar-refractivity contribution >= 4 is 11.8 Å². The topological polar surface area (TPSA) is 67.9 Å². The van der Waals surface area contributed by atoms with Gasteiger partial charge in [-0.25, -0.2) is 0 Å². The Bertz CT molecular complexity index is 849. The molecule has 2 aromatic carbocycles. The van der Waals surface area contributed by atoms with Crippen molar-refractivity contribution in [1.82, 2.24) is 10.2 Å². The van der Waals surface area contributed by atoms with Gasteiger partial charge in [-0.15, -0.1) is 0 Å². The second kappa shape index (κ2) is 10.3. The number of aryl methyl sites for hydroxylation is 1. The van der Waals surface area contributed by atoms with E-state index in [0.717, 1.165) is 23.3 Å². The van der Waals surface area contributed by atoms with E-state index in [2.05, 4.69) is 5.32 Å². The first-order chi connectivity index (χ1) is 14.5. The van der Waals surface area contributed by atoms with Crippen LogP contribution < -0.4 is 10.1 Å². The van der Waals surface area contributed by atoms with Gasteiger partial charge in [-0.3, -0.25) is 9.59 Å². The van der Waals surface area contributed by atoms with Gasteiger partial charge in [-0.1, -0.05) is 29.8 Å². The smallest absolute Gasteiger partial charge is 0.253 e. The number of methoxy groups -OCH3 is 2. The number of ether oxygens (including phenoxy) is 2. The molecule has 0 aromatic heterocycles. The number of likely N-dealkylation sites (tertiary alicyclic amines) is 1. The first kappa shape index (κ1) is 21.8. The van der Waals surface area contributed by atoms with Crippen LogP contribution in [-0.2, 0) is 9.53 Å². The fourth-order valence-electron chi connectivity index (χ4n) is 3.86. The zero-order valence-corrected chi connectivity index (χ0v) is 17.9. The van der Waals surface area contributed by atoms with Crippen molar-refractivity contribution in [1.29, 1.82) is 0 Å². The molecule has 160 valence electrons. The lowest BCUT2D eigenvalue weighted by atomic mass is 9.88. The monoisotopic (exact) mass is 410 g/mol. The van der Waals surface area contributed by atoms with E-state index >= 15 is 0 Å². The molecule has 1 saturated heterocycles. The van der Waals surface area contributed by atoms with Crippen LogP contribution in [0.25, 0.3) is 0 Å². The quantitative estimate of drug-likeness (QED) is 0.680. The van der Waals surface area contributed by atoms with Crippen LogP contribution in [0.1, 0.15) is 33.8 Å². The molecule has 1 heterocycles. The molecule has 2 aromatic rings. The summed E-state index contributed by atoms with van der Waals surface area (Å²) in [5, 5.41) is 3.01. The Morgan fingerprint density at radius 3 is 2.37 bits per heavy atom. The largest absolute Gasteiger partial charge is 0.497 e. The molecule has 0 spiro atoms. The van der Waals surface area contributed by atoms with E-state index in [1.165, 1.54) is 0 Å². The molecule has 2 amide bonds. The van der Waals surface area contributed by atoms with Crippen LogP contribution in [0.3, 0.4) is 0 Å². The van der Waals surface area contributed by atoms with Crippen molar-refractivity contribution in [2.45, 2.75) is 19.3 Å². The summed E-state index contributed by atoms with van der Waals surface area (Å²) in [7, 11) is 3.27. The predicted molar refractivity (Wildman–Crippen MR) is 116 cm³/mol. The molecule has 6 heteroatoms. The number of nitrogens with zero attached hydrogens (tertiary/aromatic N) is 1. The maximum Gasteiger partial charge on any atom is 0.253 e. The molecule has 1 N–H and O–H groups in total. The average molecular weight is 411 g/mol. The van der Waals surface area contributed by atoms with E-state index < -0.39 is 0 Å². The number of carbonyl (C=O) groups is 2. The lowest BCUT2D eigenvalue weighted by Crippen LogP contribution is -2.36. The van der Waals surface area contributed by atoms with Crippen LogP contribution in [0, 0.1) is 12.8 Å². The van der Waals surface area contributed by atoms with Gasteiger partial charge in [0.1, 0.15) is 5.75 Å². The van der Waals surface area contributed by atoms with E-state index in [4.69, 9.17) is 9.47 Å². The molecule has 2 atom stereocenters. The molecular weight excluding hydrogens is 380 g/mol. The summed E-state index contributed by atoms with van der Waals surface area (Å²) in [4.78, 5) is 27.8. The highest BCUT2D eigenvalue weighted by molar-refractivity contribution is 5.95. The number of benzene rings is 2. The highest BCUT2D eigenvalue weighted by Gasteiger charge is 2.40. The van der Waals surface area contributed by atoms with Crippen LogP contribution in [-0.4, -0.2) is 57.2 Å². The Labute approximate surface area is 178 Å². The fraction of sp³-hybridized carbons (Fsp3) is 0.417. The van der Waals surface area contributed by atoms with Crippen molar-refractivity contribution in [2.24, 2.45) is 5.92 Å². The predicted octanol–water partition coefficient (Wildman–Crippen LogP) is 3.01. The van der Waals surface area contributed by atoms with Crippen molar-refractivity contribution in [3.63, 3.8) is 0 Å². The second-order valence-electron chi connectivity index (χ2n) is 7.70. The van der Waals surface area contributed by atoms with E-state index in [1.807, 2.05) is 55.5 Å². The lowest BCUT2D eigenvalue weighted by Gasteiger charge is -2.18. The van der Waals surface area contributed by atoms with Gasteiger partial charge < -0.3 is 19.7 Å². The van der Waals surface area contributed by atoms with E-state index in [9.17, 15) is 9.59 Å². The second-order valence-corrected chi connectivity index (χ2v) is 7.70. The van der Waals surface area contributed by atoms with Crippen molar-refractivity contribution in [3.05, 3.63) is 65.2 Å². The maximum absolute atomic E-state index is 13.1. The van der Waals surface area contributed by atoms with Gasteiger partial charge in [0.15, 0.2) is 0 Å². The summed E-state index contributed by atoms with van der Waals surface area (Å²) in [6.07, 6.45) is 0.758. The molecule has 0 saturated carbocycles. The summed E-state index contributed by atoms with van der Waals surface area (Å²) in [5.41, 5.74) is 2.79. The van der Waals surface area contributed by atoms with Crippen molar-refractivity contribution in [3.8, 4) is 5.75 Å². The zero-order valence-electron chi connectivity index (χ0n) is 17.9. The average Bonchev–Trinajstić information content (AvgIpc) is 3.22. The molecule has 1 fully saturated rings. The summed E-state index contributed by atoms with van der Waals surface area (Å²) in [6, 6.07) is 15.3. The van der Waals surface area contributed by atoms with Gasteiger partial charge in [0.25, 0.3) is 5.91 Å². The minimum absolute atomic E-state index is 0.0221. The zero-order chi connectivity index (χ0) is 21.5. The minimum atomic E-state index is -0.296. The highest BCUT2D eigenvalue weighted by Crippen LogP contribution is 2.34. The minimum Gasteiger partial charge on any atom is -0.497 e. The molecular formula is C24H30N2O4. The number of rotatable bonds is 8. The molecule has 30 heavy (non-hydrogen) atoms. The molecule has 3 rings (SSSR count). The molecule has 0 radical (unpaired) electrons. The van der Waals surface area contributed by atoms with Gasteiger partial charge in [-0.2, -0.15) is 0 Å². The Balaban J connectivity index is 1.78. The van der Waals surface area contributed by atoms with Gasteiger partial charge in [0.05, 0.1) is 13.0 Å². The molecule has 0 aliphatic carbocycles. The van der Waals surface area contributed by atoms with Crippen LogP contribution in [0.5, 0.6) is 5.75 Å². The van der Waals surface area contributed by atoms with E-state index in [1.54, 1.807) is 19.1 Å². The van der Waals surface area contributed by atoms with Crippen molar-refractivity contribution in [2.75, 3.05) is 40.5 Å². The Morgan fingerprint density at radius 2 is 1.73 bits per heavy atom. The third-order valence-corrected chi connectivity index (χ3v) is 5.61. The first-order valence-corrected chi connectivity index (χ1v) is 10.3. The van der Waals surface area contributed by atoms with Crippen LogP contribution in [0.15, 0.2) is 48.5 Å². The summed E-state index contributed by atoms with van der Waals surface area (Å²) < 4.78 is 10.3. The van der Waals surface area contributed by atoms with Gasteiger partial charge in [-0.05, 0) is 43.2 Å². The number of hydrogen-bond donors (Lipinski definition) is 1.